The third-order valence-electron chi connectivity index (χ3n) is 5.21. The summed E-state index contributed by atoms with van der Waals surface area (Å²) in [5, 5.41) is 14.8. The van der Waals surface area contributed by atoms with E-state index in [4.69, 9.17) is 4.74 Å². The molecule has 132 valence electrons. The Morgan fingerprint density at radius 2 is 2.08 bits per heavy atom. The maximum absolute atomic E-state index is 11.2. The molecule has 0 saturated heterocycles. The second kappa shape index (κ2) is 6.71. The molecule has 0 unspecified atom stereocenters. The fourth-order valence-electron chi connectivity index (χ4n) is 3.98. The lowest BCUT2D eigenvalue weighted by molar-refractivity contribution is -0.255. The number of carbonyl (C=O) groups excluding carboxylic acids is 1. The summed E-state index contributed by atoms with van der Waals surface area (Å²) >= 11 is 0. The van der Waals surface area contributed by atoms with Gasteiger partial charge >= 0.3 is 0 Å². The molecule has 0 saturated carbocycles. The number of aromatic carboxylic acids is 1. The SMILES string of the molecule is C=CCOc1ccc([C@H]2Nc3ccc(C(=O)[O-])cc3[C@H]3C=CC[C@@H]32)cc1. The Hall–Kier alpha value is -3.01. The highest BCUT2D eigenvalue weighted by Crippen LogP contribution is 2.50. The first-order valence-electron chi connectivity index (χ1n) is 8.79. The summed E-state index contributed by atoms with van der Waals surface area (Å²) in [6, 6.07) is 13.5. The number of carboxylic acid groups (broad SMARTS) is 1. The zero-order valence-corrected chi connectivity index (χ0v) is 14.4. The molecular weight excluding hydrogens is 326 g/mol. The lowest BCUT2D eigenvalue weighted by Gasteiger charge is -2.38. The average Bonchev–Trinajstić information content (AvgIpc) is 3.16. The number of ether oxygens (including phenoxy) is 1. The standard InChI is InChI=1S/C22H21NO3/c1-2-12-26-16-9-6-14(7-10-16)21-18-5-3-4-17(18)19-13-15(22(24)25)8-11-20(19)23-21/h2-4,6-11,13,17-18,21,23H,1,5,12H2,(H,24,25)/p-1/t17-,18-,21+/m0/s1. The highest BCUT2D eigenvalue weighted by Gasteiger charge is 2.37. The van der Waals surface area contributed by atoms with Gasteiger partial charge in [-0.3, -0.25) is 0 Å². The molecule has 1 heterocycles. The number of carbonyl (C=O) groups is 1. The van der Waals surface area contributed by atoms with Gasteiger partial charge in [0, 0.05) is 11.6 Å². The van der Waals surface area contributed by atoms with Crippen molar-refractivity contribution in [3.8, 4) is 5.75 Å². The molecule has 26 heavy (non-hydrogen) atoms. The molecule has 0 aromatic heterocycles. The maximum Gasteiger partial charge on any atom is 0.119 e. The maximum atomic E-state index is 11.2. The Labute approximate surface area is 152 Å². The van der Waals surface area contributed by atoms with Gasteiger partial charge in [0.2, 0.25) is 0 Å². The van der Waals surface area contributed by atoms with Crippen LogP contribution in [0.25, 0.3) is 0 Å². The summed E-state index contributed by atoms with van der Waals surface area (Å²) in [5.41, 5.74) is 3.45. The first-order valence-corrected chi connectivity index (χ1v) is 8.79. The fourth-order valence-corrected chi connectivity index (χ4v) is 3.98. The Bertz CT molecular complexity index is 869. The second-order valence-corrected chi connectivity index (χ2v) is 6.73. The molecule has 1 aliphatic heterocycles. The van der Waals surface area contributed by atoms with E-state index < -0.39 is 5.97 Å². The summed E-state index contributed by atoms with van der Waals surface area (Å²) in [6.45, 7) is 4.15. The van der Waals surface area contributed by atoms with Gasteiger partial charge in [-0.05, 0) is 53.3 Å². The predicted octanol–water partition coefficient (Wildman–Crippen LogP) is 3.44. The largest absolute Gasteiger partial charge is 0.545 e. The van der Waals surface area contributed by atoms with Gasteiger partial charge in [0.25, 0.3) is 0 Å². The van der Waals surface area contributed by atoms with Crippen LogP contribution in [0.15, 0.2) is 67.3 Å². The van der Waals surface area contributed by atoms with Gasteiger partial charge in [-0.1, -0.05) is 43.0 Å². The van der Waals surface area contributed by atoms with E-state index in [1.165, 1.54) is 5.56 Å². The molecule has 0 fully saturated rings. The fraction of sp³-hybridized carbons (Fsp3) is 0.227. The molecule has 4 nitrogen and oxygen atoms in total. The Kier molecular flexibility index (Phi) is 4.25. The van der Waals surface area contributed by atoms with E-state index in [2.05, 4.69) is 36.2 Å². The van der Waals surface area contributed by atoms with E-state index >= 15 is 0 Å². The molecule has 1 aliphatic carbocycles. The van der Waals surface area contributed by atoms with Crippen molar-refractivity contribution in [2.75, 3.05) is 11.9 Å². The van der Waals surface area contributed by atoms with Crippen molar-refractivity contribution in [3.05, 3.63) is 84.0 Å². The molecule has 2 aromatic carbocycles. The van der Waals surface area contributed by atoms with E-state index in [-0.39, 0.29) is 17.5 Å². The van der Waals surface area contributed by atoms with Crippen LogP contribution < -0.4 is 15.2 Å². The number of hydrogen-bond acceptors (Lipinski definition) is 4. The minimum atomic E-state index is -1.14. The highest BCUT2D eigenvalue weighted by atomic mass is 16.5. The van der Waals surface area contributed by atoms with E-state index in [9.17, 15) is 9.90 Å². The zero-order valence-electron chi connectivity index (χ0n) is 14.4. The van der Waals surface area contributed by atoms with Gasteiger partial charge in [0.05, 0.1) is 12.0 Å². The van der Waals surface area contributed by atoms with Crippen LogP contribution in [0.5, 0.6) is 5.75 Å². The lowest BCUT2D eigenvalue weighted by Crippen LogP contribution is -2.30. The van der Waals surface area contributed by atoms with Crippen molar-refractivity contribution in [2.45, 2.75) is 18.4 Å². The molecule has 2 aromatic rings. The first-order chi connectivity index (χ1) is 12.7. The van der Waals surface area contributed by atoms with Crippen LogP contribution in [-0.2, 0) is 0 Å². The van der Waals surface area contributed by atoms with Crippen molar-refractivity contribution in [1.82, 2.24) is 0 Å². The molecule has 0 bridgehead atoms. The highest BCUT2D eigenvalue weighted by molar-refractivity contribution is 5.87. The monoisotopic (exact) mass is 346 g/mol. The number of nitrogens with one attached hydrogen (secondary N) is 1. The summed E-state index contributed by atoms with van der Waals surface area (Å²) in [6.07, 6.45) is 7.07. The Morgan fingerprint density at radius 1 is 1.27 bits per heavy atom. The average molecular weight is 346 g/mol. The zero-order chi connectivity index (χ0) is 18.1. The van der Waals surface area contributed by atoms with Gasteiger partial charge in [-0.2, -0.15) is 0 Å². The summed E-state index contributed by atoms with van der Waals surface area (Å²) in [7, 11) is 0. The van der Waals surface area contributed by atoms with Crippen molar-refractivity contribution in [2.24, 2.45) is 5.92 Å². The minimum Gasteiger partial charge on any atom is -0.545 e. The van der Waals surface area contributed by atoms with Crippen molar-refractivity contribution in [3.63, 3.8) is 0 Å². The number of benzene rings is 2. The van der Waals surface area contributed by atoms with E-state index in [1.54, 1.807) is 18.2 Å². The van der Waals surface area contributed by atoms with Crippen LogP contribution in [0.1, 0.15) is 39.9 Å². The lowest BCUT2D eigenvalue weighted by atomic mass is 9.76. The molecule has 0 amide bonds. The van der Waals surface area contributed by atoms with E-state index in [0.717, 1.165) is 23.4 Å². The van der Waals surface area contributed by atoms with Crippen molar-refractivity contribution < 1.29 is 14.6 Å². The van der Waals surface area contributed by atoms with Gasteiger partial charge in [-0.25, -0.2) is 0 Å². The molecule has 4 heteroatoms. The number of rotatable bonds is 5. The van der Waals surface area contributed by atoms with E-state index in [1.807, 2.05) is 18.2 Å². The topological polar surface area (TPSA) is 61.4 Å². The third-order valence-corrected chi connectivity index (χ3v) is 5.21. The molecule has 0 spiro atoms. The predicted molar refractivity (Wildman–Crippen MR) is 99.3 cm³/mol. The Balaban J connectivity index is 1.65. The number of fused-ring (bicyclic) bond motifs is 3. The van der Waals surface area contributed by atoms with Crippen molar-refractivity contribution >= 4 is 11.7 Å². The molecule has 3 atom stereocenters. The second-order valence-electron chi connectivity index (χ2n) is 6.73. The smallest absolute Gasteiger partial charge is 0.119 e. The number of carboxylic acids is 1. The minimum absolute atomic E-state index is 0.171. The summed E-state index contributed by atoms with van der Waals surface area (Å²) in [4.78, 5) is 11.2. The number of anilines is 1. The van der Waals surface area contributed by atoms with Crippen LogP contribution in [0.3, 0.4) is 0 Å². The first kappa shape index (κ1) is 16.5. The molecule has 1 N–H and O–H groups in total. The normalized spacial score (nSPS) is 22.8. The molecule has 0 radical (unpaired) electrons. The van der Waals surface area contributed by atoms with Crippen LogP contribution in [0.2, 0.25) is 0 Å². The van der Waals surface area contributed by atoms with Crippen LogP contribution in [-0.4, -0.2) is 12.6 Å². The summed E-state index contributed by atoms with van der Waals surface area (Å²) in [5.74, 6) is 0.264. The van der Waals surface area contributed by atoms with Crippen LogP contribution in [0, 0.1) is 5.92 Å². The third kappa shape index (κ3) is 2.88. The van der Waals surface area contributed by atoms with Gasteiger partial charge in [0.15, 0.2) is 0 Å². The molecule has 2 aliphatic rings. The quantitative estimate of drug-likeness (QED) is 0.843. The number of hydrogen-bond donors (Lipinski definition) is 1. The van der Waals surface area contributed by atoms with Crippen molar-refractivity contribution in [1.29, 1.82) is 0 Å². The molecular formula is C22H20NO3-. The van der Waals surface area contributed by atoms with E-state index in [0.29, 0.717) is 12.5 Å². The molecule has 4 rings (SSSR count). The Morgan fingerprint density at radius 3 is 2.81 bits per heavy atom. The van der Waals surface area contributed by atoms with Gasteiger partial charge in [0.1, 0.15) is 12.4 Å². The van der Waals surface area contributed by atoms with Gasteiger partial charge < -0.3 is 20.0 Å². The summed E-state index contributed by atoms with van der Waals surface area (Å²) < 4.78 is 5.56. The van der Waals surface area contributed by atoms with Crippen LogP contribution >= 0.6 is 0 Å². The van der Waals surface area contributed by atoms with Crippen LogP contribution in [0.4, 0.5) is 5.69 Å². The number of allylic oxidation sites excluding steroid dienone is 2. The van der Waals surface area contributed by atoms with Gasteiger partial charge in [-0.15, -0.1) is 0 Å².